The highest BCUT2D eigenvalue weighted by atomic mass is 19.2. The molecule has 7 heteroatoms. The van der Waals surface area contributed by atoms with Crippen molar-refractivity contribution < 1.29 is 18.4 Å². The number of nitrogens with zero attached hydrogens (tertiary/aromatic N) is 2. The molecule has 2 aliphatic heterocycles. The van der Waals surface area contributed by atoms with Gasteiger partial charge in [0, 0.05) is 49.5 Å². The summed E-state index contributed by atoms with van der Waals surface area (Å²) in [6.45, 7) is 3.81. The van der Waals surface area contributed by atoms with Crippen molar-refractivity contribution in [2.24, 2.45) is 0 Å². The molecule has 5 nitrogen and oxygen atoms in total. The molecular formula is C27H25F2N3O2. The molecule has 0 aliphatic carbocycles. The van der Waals surface area contributed by atoms with E-state index in [0.717, 1.165) is 55.1 Å². The first-order valence-electron chi connectivity index (χ1n) is 11.4. The van der Waals surface area contributed by atoms with Gasteiger partial charge in [0.1, 0.15) is 0 Å². The van der Waals surface area contributed by atoms with Gasteiger partial charge in [-0.25, -0.2) is 8.78 Å². The third-order valence-corrected chi connectivity index (χ3v) is 6.54. The molecule has 1 N–H and O–H groups in total. The Bertz CT molecular complexity index is 1230. The van der Waals surface area contributed by atoms with Crippen LogP contribution >= 0.6 is 0 Å². The maximum atomic E-state index is 13.9. The van der Waals surface area contributed by atoms with Crippen molar-refractivity contribution in [3.8, 4) is 0 Å². The zero-order valence-electron chi connectivity index (χ0n) is 18.6. The van der Waals surface area contributed by atoms with E-state index in [1.54, 1.807) is 4.90 Å². The summed E-state index contributed by atoms with van der Waals surface area (Å²) in [6.07, 6.45) is -0.0251. The van der Waals surface area contributed by atoms with Crippen LogP contribution in [-0.4, -0.2) is 37.9 Å². The van der Waals surface area contributed by atoms with Crippen LogP contribution in [0.1, 0.15) is 33.8 Å². The third kappa shape index (κ3) is 4.31. The number of amides is 1. The van der Waals surface area contributed by atoms with Crippen molar-refractivity contribution in [2.45, 2.75) is 18.9 Å². The SMILES string of the molecule is O=C(c1ccc(F)c(F)c1)C1CC(=O)N(Cc2ccccc2)c2ccc(N3CCNCC3)cc21. The van der Waals surface area contributed by atoms with E-state index in [1.807, 2.05) is 48.5 Å². The largest absolute Gasteiger partial charge is 0.369 e. The van der Waals surface area contributed by atoms with Crippen LogP contribution in [0.5, 0.6) is 0 Å². The highest BCUT2D eigenvalue weighted by molar-refractivity contribution is 6.09. The third-order valence-electron chi connectivity index (χ3n) is 6.54. The summed E-state index contributed by atoms with van der Waals surface area (Å²) in [4.78, 5) is 30.6. The number of nitrogens with one attached hydrogen (secondary N) is 1. The van der Waals surface area contributed by atoms with Gasteiger partial charge in [0.25, 0.3) is 0 Å². The number of benzene rings is 3. The second-order valence-electron chi connectivity index (χ2n) is 8.70. The number of ketones is 1. The average molecular weight is 462 g/mol. The highest BCUT2D eigenvalue weighted by Crippen LogP contribution is 2.41. The molecule has 34 heavy (non-hydrogen) atoms. The fourth-order valence-electron chi connectivity index (χ4n) is 4.74. The van der Waals surface area contributed by atoms with Crippen molar-refractivity contribution in [1.82, 2.24) is 5.32 Å². The van der Waals surface area contributed by atoms with Crippen LogP contribution in [0.3, 0.4) is 0 Å². The van der Waals surface area contributed by atoms with Crippen LogP contribution in [0, 0.1) is 11.6 Å². The molecule has 1 atom stereocenters. The van der Waals surface area contributed by atoms with Crippen LogP contribution in [0.25, 0.3) is 0 Å². The number of Topliss-reactive ketones (excluding diaryl/α,β-unsaturated/α-hetero) is 1. The predicted molar refractivity (Wildman–Crippen MR) is 127 cm³/mol. The number of anilines is 2. The highest BCUT2D eigenvalue weighted by Gasteiger charge is 2.36. The molecule has 174 valence electrons. The summed E-state index contributed by atoms with van der Waals surface area (Å²) >= 11 is 0. The minimum Gasteiger partial charge on any atom is -0.369 e. The van der Waals surface area contributed by atoms with Gasteiger partial charge in [-0.05, 0) is 47.5 Å². The Labute approximate surface area is 197 Å². The van der Waals surface area contributed by atoms with Crippen LogP contribution in [0.2, 0.25) is 0 Å². The van der Waals surface area contributed by atoms with E-state index in [2.05, 4.69) is 10.2 Å². The molecule has 1 saturated heterocycles. The number of carbonyl (C=O) groups is 2. The van der Waals surface area contributed by atoms with Gasteiger partial charge in [0.05, 0.1) is 12.5 Å². The Morgan fingerprint density at radius 2 is 1.71 bits per heavy atom. The summed E-state index contributed by atoms with van der Waals surface area (Å²) in [7, 11) is 0. The lowest BCUT2D eigenvalue weighted by Gasteiger charge is -2.36. The van der Waals surface area contributed by atoms with Gasteiger partial charge in [-0.15, -0.1) is 0 Å². The van der Waals surface area contributed by atoms with Gasteiger partial charge in [0.15, 0.2) is 17.4 Å². The molecule has 0 bridgehead atoms. The summed E-state index contributed by atoms with van der Waals surface area (Å²) < 4.78 is 27.3. The average Bonchev–Trinajstić information content (AvgIpc) is 2.87. The maximum Gasteiger partial charge on any atom is 0.228 e. The van der Waals surface area contributed by atoms with E-state index >= 15 is 0 Å². The molecular weight excluding hydrogens is 436 g/mol. The Morgan fingerprint density at radius 3 is 2.44 bits per heavy atom. The fraction of sp³-hybridized carbons (Fsp3) is 0.259. The van der Waals surface area contributed by atoms with Gasteiger partial charge < -0.3 is 15.1 Å². The van der Waals surface area contributed by atoms with E-state index in [9.17, 15) is 18.4 Å². The van der Waals surface area contributed by atoms with Gasteiger partial charge in [-0.3, -0.25) is 9.59 Å². The topological polar surface area (TPSA) is 52.7 Å². The Balaban J connectivity index is 1.55. The van der Waals surface area contributed by atoms with Gasteiger partial charge in [-0.1, -0.05) is 30.3 Å². The molecule has 0 aromatic heterocycles. The maximum absolute atomic E-state index is 13.9. The van der Waals surface area contributed by atoms with Crippen molar-refractivity contribution >= 4 is 23.1 Å². The van der Waals surface area contributed by atoms with Gasteiger partial charge in [0.2, 0.25) is 5.91 Å². The quantitative estimate of drug-likeness (QED) is 0.577. The minimum atomic E-state index is -1.08. The van der Waals surface area contributed by atoms with Gasteiger partial charge >= 0.3 is 0 Å². The Hall–Kier alpha value is -3.58. The molecule has 1 fully saturated rings. The van der Waals surface area contributed by atoms with Gasteiger partial charge in [-0.2, -0.15) is 0 Å². The first-order chi connectivity index (χ1) is 16.5. The smallest absolute Gasteiger partial charge is 0.228 e. The number of halogens is 2. The summed E-state index contributed by atoms with van der Waals surface area (Å²) in [6, 6.07) is 18.7. The number of rotatable bonds is 5. The standard InChI is InChI=1S/C27H25F2N3O2/c28-23-8-6-19(14-24(23)29)27(34)22-16-26(33)32(17-18-4-2-1-3-5-18)25-9-7-20(15-21(22)25)31-12-10-30-11-13-31/h1-9,14-15,22,30H,10-13,16-17H2. The van der Waals surface area contributed by atoms with Crippen molar-refractivity contribution in [1.29, 1.82) is 0 Å². The number of piperazine rings is 1. The molecule has 2 aliphatic rings. The van der Waals surface area contributed by atoms with Crippen molar-refractivity contribution in [3.63, 3.8) is 0 Å². The zero-order chi connectivity index (χ0) is 23.7. The van der Waals surface area contributed by atoms with Crippen molar-refractivity contribution in [2.75, 3.05) is 36.0 Å². The van der Waals surface area contributed by atoms with E-state index in [-0.39, 0.29) is 23.7 Å². The molecule has 0 saturated carbocycles. The molecule has 0 radical (unpaired) electrons. The molecule has 3 aromatic carbocycles. The molecule has 1 amide bonds. The lowest BCUT2D eigenvalue weighted by Crippen LogP contribution is -2.44. The summed E-state index contributed by atoms with van der Waals surface area (Å²) in [5.41, 5.74) is 3.45. The minimum absolute atomic E-state index is 0.0251. The molecule has 3 aromatic rings. The lowest BCUT2D eigenvalue weighted by molar-refractivity contribution is -0.119. The number of fused-ring (bicyclic) bond motifs is 1. The zero-order valence-corrected chi connectivity index (χ0v) is 18.6. The molecule has 0 spiro atoms. The van der Waals surface area contributed by atoms with Crippen LogP contribution < -0.4 is 15.1 Å². The van der Waals surface area contributed by atoms with Crippen LogP contribution in [0.15, 0.2) is 66.7 Å². The molecule has 1 unspecified atom stereocenters. The first-order valence-corrected chi connectivity index (χ1v) is 11.4. The summed E-state index contributed by atoms with van der Waals surface area (Å²) in [5.74, 6) is -3.40. The first kappa shape index (κ1) is 22.2. The number of hydrogen-bond acceptors (Lipinski definition) is 4. The molecule has 5 rings (SSSR count). The Morgan fingerprint density at radius 1 is 0.941 bits per heavy atom. The second-order valence-corrected chi connectivity index (χ2v) is 8.70. The lowest BCUT2D eigenvalue weighted by atomic mass is 9.83. The monoisotopic (exact) mass is 461 g/mol. The predicted octanol–water partition coefficient (Wildman–Crippen LogP) is 4.28. The van der Waals surface area contributed by atoms with Crippen LogP contribution in [-0.2, 0) is 11.3 Å². The van der Waals surface area contributed by atoms with Crippen molar-refractivity contribution in [3.05, 3.63) is 95.1 Å². The van der Waals surface area contributed by atoms with E-state index in [4.69, 9.17) is 0 Å². The number of hydrogen-bond donors (Lipinski definition) is 1. The second kappa shape index (κ2) is 9.35. The number of carbonyl (C=O) groups excluding carboxylic acids is 2. The molecule has 2 heterocycles. The van der Waals surface area contributed by atoms with E-state index < -0.39 is 17.6 Å². The normalized spacial score (nSPS) is 18.1. The van der Waals surface area contributed by atoms with Crippen LogP contribution in [0.4, 0.5) is 20.2 Å². The fourth-order valence-corrected chi connectivity index (χ4v) is 4.74. The summed E-state index contributed by atoms with van der Waals surface area (Å²) in [5, 5.41) is 3.33. The Kier molecular flexibility index (Phi) is 6.11. The van der Waals surface area contributed by atoms with E-state index in [1.165, 1.54) is 6.07 Å². The van der Waals surface area contributed by atoms with E-state index in [0.29, 0.717) is 12.2 Å².